The van der Waals surface area contributed by atoms with E-state index in [0.29, 0.717) is 36.6 Å². The van der Waals surface area contributed by atoms with Crippen molar-refractivity contribution in [3.63, 3.8) is 0 Å². The molecule has 2 amide bonds. The molecule has 1 N–H and O–H groups in total. The quantitative estimate of drug-likeness (QED) is 0.346. The van der Waals surface area contributed by atoms with Gasteiger partial charge in [0.15, 0.2) is 0 Å². The number of amides is 2. The number of esters is 1. The molecule has 42 heavy (non-hydrogen) atoms. The number of piperazine rings is 1. The molecular weight excluding hydrogens is 530 g/mol. The van der Waals surface area contributed by atoms with E-state index in [0.717, 1.165) is 54.1 Å². The highest BCUT2D eigenvalue weighted by molar-refractivity contribution is 6.24. The van der Waals surface area contributed by atoms with Gasteiger partial charge in [0.1, 0.15) is 5.92 Å². The van der Waals surface area contributed by atoms with Crippen molar-refractivity contribution in [3.05, 3.63) is 94.5 Å². The molecule has 3 aliphatic rings. The lowest BCUT2D eigenvalue weighted by Crippen LogP contribution is -2.48. The summed E-state index contributed by atoms with van der Waals surface area (Å²) in [6, 6.07) is 20.8. The minimum atomic E-state index is -0.645. The van der Waals surface area contributed by atoms with Crippen LogP contribution >= 0.6 is 0 Å². The SMILES string of the molecule is CCOC(=O)c1ccc2c(c1)NC(=O)C2C(=Nc1ccc2c(c1)CN(C(=O)CN1CCN(C)CC1)C2)c1ccccc1. The molecule has 1 saturated heterocycles. The number of likely N-dealkylation sites (N-methyl/N-ethyl adjacent to an activating group) is 1. The number of hydrogen-bond acceptors (Lipinski definition) is 7. The Hall–Kier alpha value is -4.34. The summed E-state index contributed by atoms with van der Waals surface area (Å²) in [5, 5.41) is 2.94. The lowest BCUT2D eigenvalue weighted by molar-refractivity contribution is -0.133. The Bertz CT molecular complexity index is 1550. The molecule has 3 aromatic rings. The van der Waals surface area contributed by atoms with Crippen LogP contribution in [-0.2, 0) is 27.4 Å². The van der Waals surface area contributed by atoms with E-state index in [9.17, 15) is 14.4 Å². The Morgan fingerprint density at radius 2 is 1.69 bits per heavy atom. The monoisotopic (exact) mass is 565 g/mol. The summed E-state index contributed by atoms with van der Waals surface area (Å²) in [5.74, 6) is -1.12. The van der Waals surface area contributed by atoms with E-state index in [4.69, 9.17) is 9.73 Å². The van der Waals surface area contributed by atoms with E-state index in [1.807, 2.05) is 53.4 Å². The fraction of sp³-hybridized carbons (Fsp3) is 0.333. The van der Waals surface area contributed by atoms with Crippen molar-refractivity contribution in [3.8, 4) is 0 Å². The van der Waals surface area contributed by atoms with Crippen molar-refractivity contribution < 1.29 is 19.1 Å². The molecule has 0 bridgehead atoms. The van der Waals surface area contributed by atoms with Crippen molar-refractivity contribution in [2.24, 2.45) is 4.99 Å². The average molecular weight is 566 g/mol. The Kier molecular flexibility index (Phi) is 7.86. The maximum atomic E-state index is 13.4. The second kappa shape index (κ2) is 11.9. The molecule has 6 rings (SSSR count). The summed E-state index contributed by atoms with van der Waals surface area (Å²) >= 11 is 0. The molecule has 216 valence electrons. The highest BCUT2D eigenvalue weighted by Gasteiger charge is 2.36. The Morgan fingerprint density at radius 3 is 2.45 bits per heavy atom. The lowest BCUT2D eigenvalue weighted by Gasteiger charge is -2.32. The summed E-state index contributed by atoms with van der Waals surface area (Å²) < 4.78 is 5.13. The van der Waals surface area contributed by atoms with Gasteiger partial charge < -0.3 is 19.9 Å². The number of aliphatic imine (C=N–C) groups is 1. The first-order valence-corrected chi connectivity index (χ1v) is 14.5. The van der Waals surface area contributed by atoms with E-state index in [1.54, 1.807) is 25.1 Å². The van der Waals surface area contributed by atoms with Crippen molar-refractivity contribution in [2.45, 2.75) is 25.9 Å². The molecule has 3 heterocycles. The van der Waals surface area contributed by atoms with E-state index in [2.05, 4.69) is 22.2 Å². The Balaban J connectivity index is 1.26. The molecule has 0 aromatic heterocycles. The summed E-state index contributed by atoms with van der Waals surface area (Å²) in [7, 11) is 2.11. The van der Waals surface area contributed by atoms with Gasteiger partial charge in [-0.2, -0.15) is 0 Å². The molecule has 3 aromatic carbocycles. The predicted octanol–water partition coefficient (Wildman–Crippen LogP) is 3.81. The van der Waals surface area contributed by atoms with E-state index in [-0.39, 0.29) is 18.4 Å². The van der Waals surface area contributed by atoms with Gasteiger partial charge in [-0.15, -0.1) is 0 Å². The Morgan fingerprint density at radius 1 is 0.929 bits per heavy atom. The van der Waals surface area contributed by atoms with Crippen molar-refractivity contribution >= 4 is 34.9 Å². The van der Waals surface area contributed by atoms with E-state index < -0.39 is 11.9 Å². The summed E-state index contributed by atoms with van der Waals surface area (Å²) in [6.07, 6.45) is 0. The summed E-state index contributed by atoms with van der Waals surface area (Å²) in [5.41, 5.74) is 6.12. The first-order chi connectivity index (χ1) is 20.4. The molecular formula is C33H35N5O4. The van der Waals surface area contributed by atoms with Gasteiger partial charge in [-0.1, -0.05) is 42.5 Å². The van der Waals surface area contributed by atoms with Gasteiger partial charge in [0, 0.05) is 45.0 Å². The Labute approximate surface area is 245 Å². The van der Waals surface area contributed by atoms with Crippen LogP contribution in [0.4, 0.5) is 11.4 Å². The first-order valence-electron chi connectivity index (χ1n) is 14.5. The normalized spacial score (nSPS) is 18.9. The van der Waals surface area contributed by atoms with Crippen LogP contribution in [-0.4, -0.2) is 84.6 Å². The molecule has 1 unspecified atom stereocenters. The third kappa shape index (κ3) is 5.70. The molecule has 9 nitrogen and oxygen atoms in total. The van der Waals surface area contributed by atoms with Crippen molar-refractivity contribution in [1.29, 1.82) is 0 Å². The third-order valence-electron chi connectivity index (χ3n) is 8.21. The fourth-order valence-electron chi connectivity index (χ4n) is 5.84. The van der Waals surface area contributed by atoms with Gasteiger partial charge >= 0.3 is 5.97 Å². The van der Waals surface area contributed by atoms with Gasteiger partial charge in [0.2, 0.25) is 11.8 Å². The van der Waals surface area contributed by atoms with Crippen LogP contribution in [0.5, 0.6) is 0 Å². The molecule has 0 aliphatic carbocycles. The predicted molar refractivity (Wildman–Crippen MR) is 161 cm³/mol. The molecule has 1 atom stereocenters. The topological polar surface area (TPSA) is 94.5 Å². The van der Waals surface area contributed by atoms with Crippen LogP contribution in [0.2, 0.25) is 0 Å². The largest absolute Gasteiger partial charge is 0.462 e. The zero-order valence-electron chi connectivity index (χ0n) is 24.0. The number of nitrogens with zero attached hydrogens (tertiary/aromatic N) is 4. The number of ether oxygens (including phenoxy) is 1. The van der Waals surface area contributed by atoms with Crippen LogP contribution in [0.25, 0.3) is 0 Å². The highest BCUT2D eigenvalue weighted by atomic mass is 16.5. The van der Waals surface area contributed by atoms with Crippen molar-refractivity contribution in [1.82, 2.24) is 14.7 Å². The second-order valence-electron chi connectivity index (χ2n) is 11.1. The van der Waals surface area contributed by atoms with Gasteiger partial charge in [0.25, 0.3) is 0 Å². The number of nitrogens with one attached hydrogen (secondary N) is 1. The molecule has 3 aliphatic heterocycles. The van der Waals surface area contributed by atoms with Gasteiger partial charge in [0.05, 0.1) is 30.1 Å². The zero-order valence-corrected chi connectivity index (χ0v) is 24.0. The second-order valence-corrected chi connectivity index (χ2v) is 11.1. The van der Waals surface area contributed by atoms with Crippen LogP contribution < -0.4 is 5.32 Å². The van der Waals surface area contributed by atoms with Crippen LogP contribution in [0.15, 0.2) is 71.7 Å². The number of carbonyl (C=O) groups is 3. The third-order valence-corrected chi connectivity index (χ3v) is 8.21. The lowest BCUT2D eigenvalue weighted by atomic mass is 9.90. The smallest absolute Gasteiger partial charge is 0.338 e. The number of benzene rings is 3. The molecule has 1 fully saturated rings. The van der Waals surface area contributed by atoms with E-state index >= 15 is 0 Å². The van der Waals surface area contributed by atoms with Gasteiger partial charge in [-0.3, -0.25) is 19.5 Å². The zero-order chi connectivity index (χ0) is 29.2. The maximum Gasteiger partial charge on any atom is 0.338 e. The van der Waals surface area contributed by atoms with E-state index in [1.165, 1.54) is 0 Å². The van der Waals surface area contributed by atoms with Crippen LogP contribution in [0, 0.1) is 0 Å². The average Bonchev–Trinajstić information content (AvgIpc) is 3.57. The molecule has 0 spiro atoms. The summed E-state index contributed by atoms with van der Waals surface area (Å²) in [4.78, 5) is 50.2. The molecule has 9 heteroatoms. The number of anilines is 1. The maximum absolute atomic E-state index is 13.4. The number of hydrogen-bond donors (Lipinski definition) is 1. The minimum absolute atomic E-state index is 0.146. The summed E-state index contributed by atoms with van der Waals surface area (Å²) in [6.45, 7) is 7.40. The minimum Gasteiger partial charge on any atom is -0.462 e. The molecule has 0 radical (unpaired) electrons. The number of rotatable bonds is 7. The first kappa shape index (κ1) is 27.8. The van der Waals surface area contributed by atoms with Gasteiger partial charge in [-0.05, 0) is 60.5 Å². The highest BCUT2D eigenvalue weighted by Crippen LogP contribution is 2.37. The van der Waals surface area contributed by atoms with Crippen LogP contribution in [0.3, 0.4) is 0 Å². The number of carbonyl (C=O) groups excluding carboxylic acids is 3. The van der Waals surface area contributed by atoms with Gasteiger partial charge in [-0.25, -0.2) is 4.79 Å². The van der Waals surface area contributed by atoms with Crippen LogP contribution in [0.1, 0.15) is 45.5 Å². The molecule has 0 saturated carbocycles. The number of fused-ring (bicyclic) bond motifs is 2. The standard InChI is InChI=1S/C33H35N5O4/c1-3-42-33(41)23-10-12-27-28(18-23)35-32(40)30(27)31(22-7-5-4-6-8-22)34-26-11-9-24-19-38(20-25(24)17-26)29(39)21-37-15-13-36(2)14-16-37/h4-12,17-18,30H,3,13-16,19-21H2,1-2H3,(H,35,40). The fourth-order valence-corrected chi connectivity index (χ4v) is 5.84. The van der Waals surface area contributed by atoms with Crippen molar-refractivity contribution in [2.75, 3.05) is 51.7 Å².